The van der Waals surface area contributed by atoms with Gasteiger partial charge in [-0.05, 0) is 33.6 Å². The molecule has 120 valence electrons. The topological polar surface area (TPSA) is 111 Å². The molecule has 0 rings (SSSR count). The van der Waals surface area contributed by atoms with Crippen LogP contribution in [0.3, 0.4) is 0 Å². The maximum absolute atomic E-state index is 11.3. The monoisotopic (exact) mass is 310 g/mol. The highest BCUT2D eigenvalue weighted by molar-refractivity contribution is 7.59. The van der Waals surface area contributed by atoms with E-state index >= 15 is 0 Å². The van der Waals surface area contributed by atoms with Crippen molar-refractivity contribution >= 4 is 25.6 Å². The molecule has 0 aliphatic heterocycles. The molecule has 4 N–H and O–H groups in total. The number of nitrogens with two attached hydrogens (primary N) is 1. The standard InChI is InChI=1S/C12H24N2O5.H2S/c1-12(2,3)19-11(17)14-6-4-5-7-18-8-9(13)10(15)16;/h9H,4-8,13H2,1-3H3,(H,14,17)(H,15,16);1H2/t9-;/m0./s1. The van der Waals surface area contributed by atoms with Gasteiger partial charge in [0.2, 0.25) is 0 Å². The maximum atomic E-state index is 11.3. The lowest BCUT2D eigenvalue weighted by Gasteiger charge is -2.19. The van der Waals surface area contributed by atoms with Crippen LogP contribution in [0.1, 0.15) is 33.6 Å². The summed E-state index contributed by atoms with van der Waals surface area (Å²) < 4.78 is 10.2. The fourth-order valence-electron chi connectivity index (χ4n) is 1.12. The predicted molar refractivity (Wildman–Crippen MR) is 80.3 cm³/mol. The molecule has 0 aliphatic carbocycles. The SMILES string of the molecule is CC(C)(C)OC(=O)NCCCCOC[C@H](N)C(=O)O.S. The molecular weight excluding hydrogens is 284 g/mol. The van der Waals surface area contributed by atoms with E-state index in [1.54, 1.807) is 20.8 Å². The van der Waals surface area contributed by atoms with E-state index in [-0.39, 0.29) is 20.1 Å². The summed E-state index contributed by atoms with van der Waals surface area (Å²) in [5, 5.41) is 11.1. The largest absolute Gasteiger partial charge is 0.480 e. The van der Waals surface area contributed by atoms with Gasteiger partial charge in [0.15, 0.2) is 0 Å². The first-order chi connectivity index (χ1) is 8.72. The molecule has 20 heavy (non-hydrogen) atoms. The van der Waals surface area contributed by atoms with E-state index in [2.05, 4.69) is 5.32 Å². The number of carboxylic acid groups (broad SMARTS) is 1. The average Bonchev–Trinajstić information content (AvgIpc) is 2.24. The Morgan fingerprint density at radius 2 is 1.90 bits per heavy atom. The number of carbonyl (C=O) groups is 2. The molecule has 0 aromatic carbocycles. The van der Waals surface area contributed by atoms with E-state index in [0.29, 0.717) is 19.6 Å². The lowest BCUT2D eigenvalue weighted by atomic mass is 10.2. The molecule has 0 heterocycles. The van der Waals surface area contributed by atoms with E-state index < -0.39 is 23.7 Å². The molecular formula is C12H26N2O5S. The zero-order valence-electron chi connectivity index (χ0n) is 12.3. The van der Waals surface area contributed by atoms with Gasteiger partial charge in [-0.1, -0.05) is 0 Å². The van der Waals surface area contributed by atoms with Gasteiger partial charge in [0.1, 0.15) is 11.6 Å². The number of nitrogens with one attached hydrogen (secondary N) is 1. The molecule has 0 fully saturated rings. The van der Waals surface area contributed by atoms with Crippen molar-refractivity contribution in [2.75, 3.05) is 19.8 Å². The normalized spacial score (nSPS) is 12.2. The second-order valence-corrected chi connectivity index (χ2v) is 5.16. The predicted octanol–water partition coefficient (Wildman–Crippen LogP) is 0.833. The highest BCUT2D eigenvalue weighted by Crippen LogP contribution is 2.06. The first-order valence-corrected chi connectivity index (χ1v) is 6.25. The third-order valence-electron chi connectivity index (χ3n) is 2.00. The van der Waals surface area contributed by atoms with Gasteiger partial charge in [-0.2, -0.15) is 13.5 Å². The van der Waals surface area contributed by atoms with Crippen LogP contribution in [0.2, 0.25) is 0 Å². The van der Waals surface area contributed by atoms with Crippen LogP contribution >= 0.6 is 13.5 Å². The lowest BCUT2D eigenvalue weighted by Crippen LogP contribution is -2.35. The molecule has 7 nitrogen and oxygen atoms in total. The number of carbonyl (C=O) groups excluding carboxylic acids is 1. The Kier molecular flexibility index (Phi) is 11.5. The van der Waals surface area contributed by atoms with Gasteiger partial charge in [0, 0.05) is 13.2 Å². The summed E-state index contributed by atoms with van der Waals surface area (Å²) in [6.45, 7) is 6.29. The zero-order valence-corrected chi connectivity index (χ0v) is 13.3. The Balaban J connectivity index is 0. The van der Waals surface area contributed by atoms with Crippen LogP contribution in [0.4, 0.5) is 4.79 Å². The Bertz CT molecular complexity index is 294. The Labute approximate surface area is 126 Å². The van der Waals surface area contributed by atoms with Gasteiger partial charge in [-0.3, -0.25) is 4.79 Å². The Morgan fingerprint density at radius 3 is 2.40 bits per heavy atom. The lowest BCUT2D eigenvalue weighted by molar-refractivity contribution is -0.140. The van der Waals surface area contributed by atoms with Crippen molar-refractivity contribution in [1.82, 2.24) is 5.32 Å². The highest BCUT2D eigenvalue weighted by Gasteiger charge is 2.15. The molecule has 1 amide bonds. The number of carboxylic acids is 1. The minimum atomic E-state index is -1.08. The summed E-state index contributed by atoms with van der Waals surface area (Å²) in [5.41, 5.74) is 4.76. The minimum Gasteiger partial charge on any atom is -0.480 e. The van der Waals surface area contributed by atoms with Gasteiger partial charge in [-0.25, -0.2) is 4.79 Å². The quantitative estimate of drug-likeness (QED) is 0.573. The first kappa shape index (κ1) is 21.3. The van der Waals surface area contributed by atoms with E-state index in [4.69, 9.17) is 20.3 Å². The summed E-state index contributed by atoms with van der Waals surface area (Å²) in [5.74, 6) is -1.08. The molecule has 0 radical (unpaired) electrons. The average molecular weight is 310 g/mol. The fourth-order valence-corrected chi connectivity index (χ4v) is 1.12. The Hall–Kier alpha value is -0.990. The van der Waals surface area contributed by atoms with Crippen molar-refractivity contribution in [1.29, 1.82) is 0 Å². The number of alkyl carbamates (subject to hydrolysis) is 1. The van der Waals surface area contributed by atoms with E-state index in [9.17, 15) is 9.59 Å². The number of amides is 1. The van der Waals surface area contributed by atoms with Crippen LogP contribution < -0.4 is 11.1 Å². The molecule has 0 aromatic heterocycles. The molecule has 8 heteroatoms. The highest BCUT2D eigenvalue weighted by atomic mass is 32.1. The zero-order chi connectivity index (χ0) is 14.9. The number of ether oxygens (including phenoxy) is 2. The Morgan fingerprint density at radius 1 is 1.30 bits per heavy atom. The van der Waals surface area contributed by atoms with Gasteiger partial charge < -0.3 is 25.6 Å². The smallest absolute Gasteiger partial charge is 0.407 e. The summed E-state index contributed by atoms with van der Waals surface area (Å²) in [4.78, 5) is 21.7. The fraction of sp³-hybridized carbons (Fsp3) is 0.833. The number of unbranched alkanes of at least 4 members (excludes halogenated alkanes) is 1. The van der Waals surface area contributed by atoms with Crippen LogP contribution in [-0.2, 0) is 14.3 Å². The second-order valence-electron chi connectivity index (χ2n) is 5.16. The maximum Gasteiger partial charge on any atom is 0.407 e. The summed E-state index contributed by atoms with van der Waals surface area (Å²) >= 11 is 0. The molecule has 0 aliphatic rings. The summed E-state index contributed by atoms with van der Waals surface area (Å²) in [6.07, 6.45) is 0.991. The molecule has 0 unspecified atom stereocenters. The summed E-state index contributed by atoms with van der Waals surface area (Å²) in [6, 6.07) is -0.986. The van der Waals surface area contributed by atoms with E-state index in [0.717, 1.165) is 6.42 Å². The summed E-state index contributed by atoms with van der Waals surface area (Å²) in [7, 11) is 0. The molecule has 0 saturated carbocycles. The van der Waals surface area contributed by atoms with E-state index in [1.807, 2.05) is 0 Å². The molecule has 0 aromatic rings. The van der Waals surface area contributed by atoms with Crippen LogP contribution in [0.15, 0.2) is 0 Å². The van der Waals surface area contributed by atoms with Crippen molar-refractivity contribution < 1.29 is 24.2 Å². The van der Waals surface area contributed by atoms with Crippen LogP contribution in [0.5, 0.6) is 0 Å². The van der Waals surface area contributed by atoms with Gasteiger partial charge in [-0.15, -0.1) is 0 Å². The first-order valence-electron chi connectivity index (χ1n) is 6.25. The van der Waals surface area contributed by atoms with Gasteiger partial charge in [0.25, 0.3) is 0 Å². The van der Waals surface area contributed by atoms with Crippen molar-refractivity contribution in [2.45, 2.75) is 45.3 Å². The third-order valence-corrected chi connectivity index (χ3v) is 2.00. The molecule has 1 atom stereocenters. The number of hydrogen-bond acceptors (Lipinski definition) is 5. The number of rotatable bonds is 8. The van der Waals surface area contributed by atoms with E-state index in [1.165, 1.54) is 0 Å². The van der Waals surface area contributed by atoms with Crippen molar-refractivity contribution in [2.24, 2.45) is 5.73 Å². The minimum absolute atomic E-state index is 0. The number of hydrogen-bond donors (Lipinski definition) is 3. The van der Waals surface area contributed by atoms with Crippen LogP contribution in [0, 0.1) is 0 Å². The van der Waals surface area contributed by atoms with Crippen LogP contribution in [0.25, 0.3) is 0 Å². The van der Waals surface area contributed by atoms with Crippen LogP contribution in [-0.4, -0.2) is 48.6 Å². The van der Waals surface area contributed by atoms with Gasteiger partial charge in [0.05, 0.1) is 6.61 Å². The molecule has 0 spiro atoms. The van der Waals surface area contributed by atoms with Crippen molar-refractivity contribution in [3.05, 3.63) is 0 Å². The second kappa shape index (κ2) is 10.8. The molecule has 0 bridgehead atoms. The van der Waals surface area contributed by atoms with Gasteiger partial charge >= 0.3 is 12.1 Å². The van der Waals surface area contributed by atoms with Crippen molar-refractivity contribution in [3.63, 3.8) is 0 Å². The van der Waals surface area contributed by atoms with Crippen molar-refractivity contribution in [3.8, 4) is 0 Å². The number of aliphatic carboxylic acids is 1. The molecule has 0 saturated heterocycles. The third kappa shape index (κ3) is 13.4.